The fourth-order valence-corrected chi connectivity index (χ4v) is 4.50. The molecule has 42 heavy (non-hydrogen) atoms. The quantitative estimate of drug-likeness (QED) is 0.190. The Kier molecular flexibility index (Phi) is 25.3. The number of hydrogen-bond donors (Lipinski definition) is 1. The van der Waals surface area contributed by atoms with E-state index >= 15 is 0 Å². The van der Waals surface area contributed by atoms with Gasteiger partial charge in [0.05, 0.1) is 6.61 Å². The van der Waals surface area contributed by atoms with Gasteiger partial charge in [0.1, 0.15) is 24.7 Å². The number of hydrogen-bond acceptors (Lipinski definition) is 6. The molecule has 12 heteroatoms. The van der Waals surface area contributed by atoms with Crippen molar-refractivity contribution in [3.05, 3.63) is 59.7 Å². The van der Waals surface area contributed by atoms with Crippen molar-refractivity contribution in [3.8, 4) is 11.5 Å². The monoisotopic (exact) mass is 704 g/mol. The molecule has 2 heterocycles. The molecular weight excluding hydrogens is 662 g/mol. The first-order valence-electron chi connectivity index (χ1n) is 14.3. The van der Waals surface area contributed by atoms with E-state index in [2.05, 4.69) is 31.2 Å². The molecule has 1 N–H and O–H groups in total. The molecule has 2 aromatic rings. The first kappa shape index (κ1) is 39.5. The maximum atomic E-state index is 9.09. The molecule has 2 aliphatic rings. The van der Waals surface area contributed by atoms with Crippen LogP contribution in [0.3, 0.4) is 0 Å². The Labute approximate surface area is 279 Å². The summed E-state index contributed by atoms with van der Waals surface area (Å²) in [6.45, 7) is 8.56. The van der Waals surface area contributed by atoms with Crippen LogP contribution in [0.25, 0.3) is 0 Å². The number of aliphatic hydroxyl groups excluding tert-OH is 1. The minimum Gasteiger partial charge on any atom is -0.492 e. The Morgan fingerprint density at radius 2 is 1.00 bits per heavy atom. The van der Waals surface area contributed by atoms with Crippen molar-refractivity contribution in [1.82, 2.24) is 9.80 Å². The molecule has 0 amide bonds. The summed E-state index contributed by atoms with van der Waals surface area (Å²) in [6.07, 6.45) is 8.09. The van der Waals surface area contributed by atoms with Gasteiger partial charge in [0, 0.05) is 52.1 Å². The molecular formula is C30H45Cl5N2O4S. The lowest BCUT2D eigenvalue weighted by Gasteiger charge is -2.26. The third kappa shape index (κ3) is 21.3. The molecule has 0 aromatic heterocycles. The lowest BCUT2D eigenvalue weighted by molar-refractivity contribution is 0.183. The molecule has 0 aliphatic carbocycles. The number of alkyl halides is 3. The fraction of sp³-hybridized carbons (Fsp3) is 0.600. The van der Waals surface area contributed by atoms with Crippen molar-refractivity contribution in [2.24, 2.45) is 0 Å². The first-order chi connectivity index (χ1) is 20.4. The summed E-state index contributed by atoms with van der Waals surface area (Å²) in [4.78, 5) is 4.95. The molecule has 4 rings (SSSR count). The van der Waals surface area contributed by atoms with Gasteiger partial charge >= 0.3 is 0 Å². The molecule has 0 atom stereocenters. The topological polar surface area (TPSA) is 62.2 Å². The van der Waals surface area contributed by atoms with Crippen LogP contribution < -0.4 is 9.47 Å². The fourth-order valence-electron chi connectivity index (χ4n) is 4.32. The number of ether oxygens (including phenoxy) is 2. The third-order valence-corrected chi connectivity index (χ3v) is 7.38. The Bertz CT molecular complexity index is 843. The van der Waals surface area contributed by atoms with Gasteiger partial charge in [0.2, 0.25) is 9.23 Å². The third-order valence-electron chi connectivity index (χ3n) is 6.50. The van der Waals surface area contributed by atoms with Gasteiger partial charge in [-0.25, -0.2) is 4.21 Å². The highest BCUT2D eigenvalue weighted by molar-refractivity contribution is 8.26. The van der Waals surface area contributed by atoms with E-state index in [1.165, 1.54) is 64.7 Å². The van der Waals surface area contributed by atoms with Crippen molar-refractivity contribution in [1.29, 1.82) is 0 Å². The zero-order valence-corrected chi connectivity index (χ0v) is 28.8. The summed E-state index contributed by atoms with van der Waals surface area (Å²) in [5, 5.41) is 8.93. The van der Waals surface area contributed by atoms with E-state index < -0.39 is 9.23 Å². The van der Waals surface area contributed by atoms with E-state index in [1.807, 2.05) is 48.5 Å². The minimum absolute atomic E-state index is 0.0913. The normalized spacial score (nSPS) is 15.3. The van der Waals surface area contributed by atoms with Crippen molar-refractivity contribution < 1.29 is 18.8 Å². The number of aliphatic hydroxyl groups is 1. The molecule has 0 bridgehead atoms. The molecule has 0 saturated carbocycles. The van der Waals surface area contributed by atoms with Gasteiger partial charge in [-0.3, -0.25) is 9.80 Å². The Balaban J connectivity index is 0.000000336. The van der Waals surface area contributed by atoms with E-state index in [0.29, 0.717) is 17.6 Å². The summed E-state index contributed by atoms with van der Waals surface area (Å²) in [6, 6.07) is 15.7. The molecule has 240 valence electrons. The molecule has 2 aromatic carbocycles. The molecule has 6 nitrogen and oxygen atoms in total. The molecule has 0 radical (unpaired) electrons. The second kappa shape index (κ2) is 26.9. The summed E-state index contributed by atoms with van der Waals surface area (Å²) in [7, 11) is 7.36. The van der Waals surface area contributed by atoms with Crippen molar-refractivity contribution in [2.75, 3.05) is 64.2 Å². The highest BCUT2D eigenvalue weighted by Gasteiger charge is 2.10. The number of nitrogens with zero attached hydrogens (tertiary/aromatic N) is 2. The van der Waals surface area contributed by atoms with Crippen LogP contribution in [-0.4, -0.2) is 83.4 Å². The molecule has 2 saturated heterocycles. The maximum absolute atomic E-state index is 9.09. The van der Waals surface area contributed by atoms with Crippen LogP contribution in [0.15, 0.2) is 48.5 Å². The van der Waals surface area contributed by atoms with Crippen molar-refractivity contribution >= 4 is 65.4 Å². The van der Waals surface area contributed by atoms with E-state index in [-0.39, 0.29) is 6.61 Å². The average Bonchev–Trinajstić information content (AvgIpc) is 3.03. The van der Waals surface area contributed by atoms with Crippen LogP contribution in [0.5, 0.6) is 11.5 Å². The predicted molar refractivity (Wildman–Crippen MR) is 181 cm³/mol. The number of piperidine rings is 2. The van der Waals surface area contributed by atoms with Crippen LogP contribution >= 0.6 is 56.2 Å². The molecule has 2 fully saturated rings. The lowest BCUT2D eigenvalue weighted by atomic mass is 10.1. The van der Waals surface area contributed by atoms with Gasteiger partial charge < -0.3 is 14.6 Å². The van der Waals surface area contributed by atoms with Crippen LogP contribution in [-0.2, 0) is 21.7 Å². The summed E-state index contributed by atoms with van der Waals surface area (Å²) in [5.41, 5.74) is 2.06. The summed E-state index contributed by atoms with van der Waals surface area (Å²) < 4.78 is 20.5. The van der Waals surface area contributed by atoms with Crippen LogP contribution in [0.1, 0.15) is 49.7 Å². The SMILES string of the molecule is ClCCCl.ClCc1ccc(OCCN2CCCCC2)cc1.O=S(Cl)Cl.OCc1ccc(OCCN2CCCCC2)cc1. The summed E-state index contributed by atoms with van der Waals surface area (Å²) in [5.74, 6) is 3.51. The molecule has 0 unspecified atom stereocenters. The predicted octanol–water partition coefficient (Wildman–Crippen LogP) is 7.84. The Hall–Kier alpha value is -0.480. The molecule has 0 spiro atoms. The van der Waals surface area contributed by atoms with E-state index in [1.54, 1.807) is 0 Å². The number of likely N-dealkylation sites (tertiary alicyclic amines) is 2. The van der Waals surface area contributed by atoms with Crippen molar-refractivity contribution in [2.45, 2.75) is 51.0 Å². The van der Waals surface area contributed by atoms with Gasteiger partial charge in [-0.2, -0.15) is 0 Å². The minimum atomic E-state index is -1.67. The van der Waals surface area contributed by atoms with Gasteiger partial charge in [-0.1, -0.05) is 37.1 Å². The standard InChI is InChI=1S/C14H20ClNO.C14H21NO2.C2H4Cl2.Cl2OS/c15-12-13-4-6-14(7-5-13)17-11-10-16-8-2-1-3-9-16;16-12-13-4-6-14(7-5-13)17-11-10-15-8-2-1-3-9-15;3-1-2-4;1-4(2)3/h4-7H,1-3,8-12H2;4-7,16H,1-3,8-12H2;1-2H2;. The second-order valence-electron chi connectivity index (χ2n) is 9.64. The first-order valence-corrected chi connectivity index (χ1v) is 18.7. The maximum Gasteiger partial charge on any atom is 0.211 e. The largest absolute Gasteiger partial charge is 0.492 e. The second-order valence-corrected chi connectivity index (χ2v) is 13.2. The van der Waals surface area contributed by atoms with E-state index in [9.17, 15) is 0 Å². The lowest BCUT2D eigenvalue weighted by Crippen LogP contribution is -2.33. The smallest absolute Gasteiger partial charge is 0.211 e. The number of benzene rings is 2. The zero-order valence-electron chi connectivity index (χ0n) is 24.2. The van der Waals surface area contributed by atoms with Crippen LogP contribution in [0.2, 0.25) is 0 Å². The highest BCUT2D eigenvalue weighted by atomic mass is 36.0. The average molecular weight is 707 g/mol. The van der Waals surface area contributed by atoms with Crippen LogP contribution in [0.4, 0.5) is 0 Å². The van der Waals surface area contributed by atoms with Gasteiger partial charge in [-0.15, -0.1) is 34.8 Å². The van der Waals surface area contributed by atoms with Gasteiger partial charge in [0.25, 0.3) is 0 Å². The Morgan fingerprint density at radius 3 is 1.31 bits per heavy atom. The number of rotatable bonds is 11. The van der Waals surface area contributed by atoms with Crippen LogP contribution in [0, 0.1) is 0 Å². The Morgan fingerprint density at radius 1 is 0.643 bits per heavy atom. The molecule has 2 aliphatic heterocycles. The highest BCUT2D eigenvalue weighted by Crippen LogP contribution is 2.15. The van der Waals surface area contributed by atoms with Gasteiger partial charge in [-0.05, 0) is 87.3 Å². The van der Waals surface area contributed by atoms with E-state index in [0.717, 1.165) is 48.9 Å². The number of halogens is 5. The zero-order chi connectivity index (χ0) is 30.8. The van der Waals surface area contributed by atoms with Gasteiger partial charge in [0.15, 0.2) is 0 Å². The van der Waals surface area contributed by atoms with E-state index in [4.69, 9.17) is 53.6 Å². The van der Waals surface area contributed by atoms with Crippen molar-refractivity contribution in [3.63, 3.8) is 0 Å². The summed E-state index contributed by atoms with van der Waals surface area (Å²) >= 11 is 15.8.